The van der Waals surface area contributed by atoms with Crippen molar-refractivity contribution in [2.75, 3.05) is 5.32 Å². The number of nitrogens with zero attached hydrogens (tertiary/aromatic N) is 3. The van der Waals surface area contributed by atoms with E-state index in [1.54, 1.807) is 11.6 Å². The van der Waals surface area contributed by atoms with Crippen LogP contribution >= 0.6 is 11.6 Å². The Morgan fingerprint density at radius 1 is 1.45 bits per heavy atom. The molecule has 2 rings (SSSR count). The van der Waals surface area contributed by atoms with E-state index in [1.807, 2.05) is 13.8 Å². The molecule has 0 saturated carbocycles. The second kappa shape index (κ2) is 6.15. The van der Waals surface area contributed by atoms with Gasteiger partial charge in [-0.1, -0.05) is 11.6 Å². The van der Waals surface area contributed by atoms with E-state index in [-0.39, 0.29) is 16.3 Å². The summed E-state index contributed by atoms with van der Waals surface area (Å²) in [5, 5.41) is 17.8. The van der Waals surface area contributed by atoms with Crippen molar-refractivity contribution in [3.63, 3.8) is 0 Å². The van der Waals surface area contributed by atoms with Crippen LogP contribution in [0.4, 0.5) is 11.4 Å². The van der Waals surface area contributed by atoms with Crippen LogP contribution in [0.5, 0.6) is 0 Å². The largest absolute Gasteiger partial charge is 0.319 e. The molecule has 0 spiro atoms. The number of carbonyl (C=O) groups excluding carboxylic acids is 1. The smallest absolute Gasteiger partial charge is 0.270 e. The van der Waals surface area contributed by atoms with Crippen molar-refractivity contribution in [1.29, 1.82) is 0 Å². The van der Waals surface area contributed by atoms with Crippen LogP contribution < -0.4 is 5.32 Å². The SMILES string of the molecule is CCn1nc(C)c(NC(=O)c2ccc([N+](=O)[O-])cc2Cl)c1C. The van der Waals surface area contributed by atoms with Gasteiger partial charge in [0.15, 0.2) is 0 Å². The van der Waals surface area contributed by atoms with E-state index in [1.165, 1.54) is 12.1 Å². The number of aryl methyl sites for hydroxylation is 2. The summed E-state index contributed by atoms with van der Waals surface area (Å²) < 4.78 is 1.78. The highest BCUT2D eigenvalue weighted by molar-refractivity contribution is 6.34. The van der Waals surface area contributed by atoms with Gasteiger partial charge >= 0.3 is 0 Å². The number of carbonyl (C=O) groups is 1. The summed E-state index contributed by atoms with van der Waals surface area (Å²) in [4.78, 5) is 22.4. The van der Waals surface area contributed by atoms with Crippen molar-refractivity contribution in [3.8, 4) is 0 Å². The van der Waals surface area contributed by atoms with Crippen LogP contribution in [0.25, 0.3) is 0 Å². The van der Waals surface area contributed by atoms with Crippen LogP contribution in [0.3, 0.4) is 0 Å². The van der Waals surface area contributed by atoms with Crippen LogP contribution in [-0.4, -0.2) is 20.6 Å². The molecule has 2 aromatic rings. The number of amides is 1. The first-order valence-corrected chi connectivity index (χ1v) is 7.02. The molecular weight excluding hydrogens is 308 g/mol. The maximum absolute atomic E-state index is 12.3. The van der Waals surface area contributed by atoms with Crippen LogP contribution in [0.1, 0.15) is 28.7 Å². The topological polar surface area (TPSA) is 90.1 Å². The van der Waals surface area contributed by atoms with E-state index < -0.39 is 10.8 Å². The van der Waals surface area contributed by atoms with Gasteiger partial charge < -0.3 is 5.32 Å². The van der Waals surface area contributed by atoms with Crippen molar-refractivity contribution in [2.24, 2.45) is 0 Å². The zero-order valence-corrected chi connectivity index (χ0v) is 13.1. The third kappa shape index (κ3) is 2.94. The second-order valence-corrected chi connectivity index (χ2v) is 5.14. The highest BCUT2D eigenvalue weighted by Crippen LogP contribution is 2.25. The zero-order chi connectivity index (χ0) is 16.4. The summed E-state index contributed by atoms with van der Waals surface area (Å²) in [6.07, 6.45) is 0. The lowest BCUT2D eigenvalue weighted by molar-refractivity contribution is -0.384. The molecule has 1 N–H and O–H groups in total. The third-order valence-corrected chi connectivity index (χ3v) is 3.64. The van der Waals surface area contributed by atoms with Gasteiger partial charge in [0.1, 0.15) is 0 Å². The van der Waals surface area contributed by atoms with E-state index in [0.29, 0.717) is 17.9 Å². The fourth-order valence-electron chi connectivity index (χ4n) is 2.17. The number of nitro groups is 1. The lowest BCUT2D eigenvalue weighted by Gasteiger charge is -2.07. The molecule has 1 aromatic heterocycles. The van der Waals surface area contributed by atoms with Gasteiger partial charge in [-0.05, 0) is 26.8 Å². The van der Waals surface area contributed by atoms with E-state index in [4.69, 9.17) is 11.6 Å². The molecule has 8 heteroatoms. The number of anilines is 1. The normalized spacial score (nSPS) is 10.5. The first-order chi connectivity index (χ1) is 10.3. The molecule has 116 valence electrons. The van der Waals surface area contributed by atoms with Gasteiger partial charge in [-0.3, -0.25) is 19.6 Å². The predicted molar refractivity (Wildman–Crippen MR) is 83.4 cm³/mol. The Hall–Kier alpha value is -2.41. The standard InChI is InChI=1S/C14H15ClN4O3/c1-4-18-9(3)13(8(2)17-18)16-14(20)11-6-5-10(19(21)22)7-12(11)15/h5-7H,4H2,1-3H3,(H,16,20). The molecule has 0 aliphatic carbocycles. The summed E-state index contributed by atoms with van der Waals surface area (Å²) in [5.41, 5.74) is 2.18. The van der Waals surface area contributed by atoms with E-state index in [0.717, 1.165) is 11.8 Å². The molecule has 0 radical (unpaired) electrons. The number of nitrogens with one attached hydrogen (secondary N) is 1. The first-order valence-electron chi connectivity index (χ1n) is 6.64. The molecule has 0 aliphatic rings. The Balaban J connectivity index is 2.30. The van der Waals surface area contributed by atoms with Crippen molar-refractivity contribution in [3.05, 3.63) is 50.3 Å². The number of hydrogen-bond donors (Lipinski definition) is 1. The molecule has 0 saturated heterocycles. The van der Waals surface area contributed by atoms with Gasteiger partial charge in [-0.2, -0.15) is 5.10 Å². The minimum atomic E-state index is -0.562. The molecule has 22 heavy (non-hydrogen) atoms. The number of benzene rings is 1. The lowest BCUT2D eigenvalue weighted by Crippen LogP contribution is -2.14. The molecule has 0 bridgehead atoms. The summed E-state index contributed by atoms with van der Waals surface area (Å²) in [6.45, 7) is 6.31. The number of non-ortho nitro benzene ring substituents is 1. The molecule has 1 heterocycles. The minimum absolute atomic E-state index is 0.0323. The molecular formula is C14H15ClN4O3. The number of rotatable bonds is 4. The van der Waals surface area contributed by atoms with Crippen molar-refractivity contribution >= 4 is 28.9 Å². The number of halogens is 1. The van der Waals surface area contributed by atoms with E-state index in [2.05, 4.69) is 10.4 Å². The van der Waals surface area contributed by atoms with Crippen molar-refractivity contribution in [2.45, 2.75) is 27.3 Å². The molecule has 0 unspecified atom stereocenters. The highest BCUT2D eigenvalue weighted by atomic mass is 35.5. The maximum Gasteiger partial charge on any atom is 0.270 e. The Bertz CT molecular complexity index is 755. The quantitative estimate of drug-likeness (QED) is 0.690. The Morgan fingerprint density at radius 2 is 2.14 bits per heavy atom. The molecule has 0 atom stereocenters. The Kier molecular flexibility index (Phi) is 4.46. The number of hydrogen-bond acceptors (Lipinski definition) is 4. The highest BCUT2D eigenvalue weighted by Gasteiger charge is 2.18. The Labute approximate surface area is 132 Å². The van der Waals surface area contributed by atoms with Gasteiger partial charge in [-0.15, -0.1) is 0 Å². The van der Waals surface area contributed by atoms with Gasteiger partial charge in [0.05, 0.1) is 32.6 Å². The van der Waals surface area contributed by atoms with Gasteiger partial charge in [0.2, 0.25) is 0 Å². The first kappa shape index (κ1) is 16.0. The monoisotopic (exact) mass is 322 g/mol. The molecule has 7 nitrogen and oxygen atoms in total. The van der Waals surface area contributed by atoms with Crippen LogP contribution in [0, 0.1) is 24.0 Å². The summed E-state index contributed by atoms with van der Waals surface area (Å²) in [5.74, 6) is -0.429. The van der Waals surface area contributed by atoms with Gasteiger partial charge in [-0.25, -0.2) is 0 Å². The van der Waals surface area contributed by atoms with Crippen LogP contribution in [0.2, 0.25) is 5.02 Å². The van der Waals surface area contributed by atoms with Gasteiger partial charge in [0, 0.05) is 18.7 Å². The summed E-state index contributed by atoms with van der Waals surface area (Å²) >= 11 is 5.96. The van der Waals surface area contributed by atoms with Gasteiger partial charge in [0.25, 0.3) is 11.6 Å². The average Bonchev–Trinajstić information content (AvgIpc) is 2.74. The summed E-state index contributed by atoms with van der Waals surface area (Å²) in [7, 11) is 0. The molecule has 0 aliphatic heterocycles. The Morgan fingerprint density at radius 3 is 2.64 bits per heavy atom. The molecule has 1 amide bonds. The third-order valence-electron chi connectivity index (χ3n) is 3.33. The number of aromatic nitrogens is 2. The summed E-state index contributed by atoms with van der Waals surface area (Å²) in [6, 6.07) is 3.74. The lowest BCUT2D eigenvalue weighted by atomic mass is 10.2. The predicted octanol–water partition coefficient (Wildman–Crippen LogP) is 3.33. The average molecular weight is 323 g/mol. The maximum atomic E-state index is 12.3. The van der Waals surface area contributed by atoms with Crippen LogP contribution in [-0.2, 0) is 6.54 Å². The van der Waals surface area contributed by atoms with E-state index in [9.17, 15) is 14.9 Å². The fourth-order valence-corrected chi connectivity index (χ4v) is 2.43. The van der Waals surface area contributed by atoms with E-state index >= 15 is 0 Å². The second-order valence-electron chi connectivity index (χ2n) is 4.74. The zero-order valence-electron chi connectivity index (χ0n) is 12.4. The van der Waals surface area contributed by atoms with Crippen molar-refractivity contribution in [1.82, 2.24) is 9.78 Å². The fraction of sp³-hybridized carbons (Fsp3) is 0.286. The minimum Gasteiger partial charge on any atom is -0.319 e. The number of nitro benzene ring substituents is 1. The molecule has 1 aromatic carbocycles. The van der Waals surface area contributed by atoms with Crippen LogP contribution in [0.15, 0.2) is 18.2 Å². The molecule has 0 fully saturated rings. The van der Waals surface area contributed by atoms with Crippen molar-refractivity contribution < 1.29 is 9.72 Å².